The van der Waals surface area contributed by atoms with Crippen molar-refractivity contribution in [1.82, 2.24) is 10.2 Å². The fraction of sp³-hybridized carbons (Fsp3) is 0.889. The molecule has 0 aromatic rings. The van der Waals surface area contributed by atoms with Crippen molar-refractivity contribution in [3.05, 3.63) is 0 Å². The lowest BCUT2D eigenvalue weighted by Crippen LogP contribution is -2.46. The molecule has 1 aliphatic rings. The Labute approximate surface area is 80.3 Å². The fourth-order valence-corrected chi connectivity index (χ4v) is 2.14. The summed E-state index contributed by atoms with van der Waals surface area (Å²) in [5, 5.41) is 3.93. The predicted octanol–water partition coefficient (Wildman–Crippen LogP) is 1.47. The van der Waals surface area contributed by atoms with Crippen LogP contribution in [0.5, 0.6) is 0 Å². The van der Waals surface area contributed by atoms with Crippen LogP contribution in [0.15, 0.2) is 0 Å². The topological polar surface area (TPSA) is 15.3 Å². The zero-order valence-electron chi connectivity index (χ0n) is 8.13. The Bertz CT molecular complexity index is 160. The van der Waals surface area contributed by atoms with Gasteiger partial charge in [0.2, 0.25) is 0 Å². The molecule has 1 fully saturated rings. The van der Waals surface area contributed by atoms with Crippen LogP contribution in [0.1, 0.15) is 20.3 Å². The van der Waals surface area contributed by atoms with E-state index in [9.17, 15) is 0 Å². The summed E-state index contributed by atoms with van der Waals surface area (Å²) in [7, 11) is 1.90. The molecule has 1 rings (SSSR count). The Morgan fingerprint density at radius 1 is 1.33 bits per heavy atom. The maximum atomic E-state index is 5.20. The van der Waals surface area contributed by atoms with E-state index in [1.54, 1.807) is 0 Å². The third-order valence-electron chi connectivity index (χ3n) is 2.37. The van der Waals surface area contributed by atoms with Crippen molar-refractivity contribution in [1.29, 1.82) is 0 Å². The number of likely N-dealkylation sites (tertiary alicyclic amines) is 1. The van der Waals surface area contributed by atoms with Gasteiger partial charge in [0.25, 0.3) is 0 Å². The highest BCUT2D eigenvalue weighted by Crippen LogP contribution is 2.20. The number of hydrogen-bond donors (Lipinski definition) is 1. The summed E-state index contributed by atoms with van der Waals surface area (Å²) in [6.45, 7) is 6.82. The number of nitrogens with zero attached hydrogens (tertiary/aromatic N) is 1. The molecule has 70 valence electrons. The Kier molecular flexibility index (Phi) is 3.32. The number of rotatable bonds is 0. The van der Waals surface area contributed by atoms with E-state index >= 15 is 0 Å². The molecule has 0 aromatic carbocycles. The lowest BCUT2D eigenvalue weighted by molar-refractivity contribution is 0.213. The van der Waals surface area contributed by atoms with Gasteiger partial charge in [0.15, 0.2) is 5.11 Å². The van der Waals surface area contributed by atoms with Crippen molar-refractivity contribution in [2.45, 2.75) is 20.3 Å². The highest BCUT2D eigenvalue weighted by molar-refractivity contribution is 7.80. The Morgan fingerprint density at radius 3 is 2.25 bits per heavy atom. The molecule has 2 unspecified atom stereocenters. The molecule has 1 aliphatic heterocycles. The second kappa shape index (κ2) is 4.08. The third kappa shape index (κ3) is 2.34. The van der Waals surface area contributed by atoms with E-state index in [1.807, 2.05) is 7.05 Å². The second-order valence-electron chi connectivity index (χ2n) is 3.91. The molecule has 2 nitrogen and oxygen atoms in total. The first-order chi connectivity index (χ1) is 5.63. The molecular weight excluding hydrogens is 168 g/mol. The highest BCUT2D eigenvalue weighted by atomic mass is 32.1. The van der Waals surface area contributed by atoms with E-state index in [0.29, 0.717) is 0 Å². The second-order valence-corrected chi connectivity index (χ2v) is 4.29. The average molecular weight is 186 g/mol. The van der Waals surface area contributed by atoms with Gasteiger partial charge < -0.3 is 10.2 Å². The van der Waals surface area contributed by atoms with Crippen molar-refractivity contribution >= 4 is 17.3 Å². The summed E-state index contributed by atoms with van der Waals surface area (Å²) in [4.78, 5) is 2.27. The summed E-state index contributed by atoms with van der Waals surface area (Å²) in [5.41, 5.74) is 0. The van der Waals surface area contributed by atoms with Gasteiger partial charge in [-0.2, -0.15) is 0 Å². The molecule has 0 aromatic heterocycles. The van der Waals surface area contributed by atoms with Crippen LogP contribution in [0.2, 0.25) is 0 Å². The van der Waals surface area contributed by atoms with Crippen molar-refractivity contribution in [2.75, 3.05) is 20.1 Å². The maximum Gasteiger partial charge on any atom is 0.168 e. The van der Waals surface area contributed by atoms with Crippen LogP contribution in [0.3, 0.4) is 0 Å². The molecule has 0 radical (unpaired) electrons. The first-order valence-electron chi connectivity index (χ1n) is 4.60. The largest absolute Gasteiger partial charge is 0.366 e. The van der Waals surface area contributed by atoms with Gasteiger partial charge in [-0.3, -0.25) is 0 Å². The van der Waals surface area contributed by atoms with E-state index in [0.717, 1.165) is 30.0 Å². The van der Waals surface area contributed by atoms with Gasteiger partial charge >= 0.3 is 0 Å². The first-order valence-corrected chi connectivity index (χ1v) is 5.01. The Morgan fingerprint density at radius 2 is 1.83 bits per heavy atom. The van der Waals surface area contributed by atoms with Gasteiger partial charge in [0.1, 0.15) is 0 Å². The van der Waals surface area contributed by atoms with Crippen molar-refractivity contribution in [3.63, 3.8) is 0 Å². The van der Waals surface area contributed by atoms with Crippen molar-refractivity contribution in [2.24, 2.45) is 11.8 Å². The van der Waals surface area contributed by atoms with Crippen molar-refractivity contribution in [3.8, 4) is 0 Å². The molecule has 0 spiro atoms. The van der Waals surface area contributed by atoms with Gasteiger partial charge in [-0.25, -0.2) is 0 Å². The summed E-state index contributed by atoms with van der Waals surface area (Å²) < 4.78 is 0. The van der Waals surface area contributed by atoms with E-state index in [2.05, 4.69) is 24.1 Å². The van der Waals surface area contributed by atoms with Gasteiger partial charge in [0.05, 0.1) is 0 Å². The monoisotopic (exact) mass is 186 g/mol. The normalized spacial score (nSPS) is 30.1. The quantitative estimate of drug-likeness (QED) is 0.577. The van der Waals surface area contributed by atoms with Crippen molar-refractivity contribution < 1.29 is 0 Å². The minimum absolute atomic E-state index is 0.778. The zero-order valence-corrected chi connectivity index (χ0v) is 8.95. The standard InChI is InChI=1S/C9H18N2S/c1-7-4-8(2)6-11(5-7)9(12)10-3/h7-8H,4-6H2,1-3H3,(H,10,12). The molecule has 1 N–H and O–H groups in total. The predicted molar refractivity (Wildman–Crippen MR) is 56.2 cm³/mol. The van der Waals surface area contributed by atoms with Crippen LogP contribution in [0, 0.1) is 11.8 Å². The number of hydrogen-bond acceptors (Lipinski definition) is 1. The van der Waals surface area contributed by atoms with E-state index in [4.69, 9.17) is 12.2 Å². The SMILES string of the molecule is CNC(=S)N1CC(C)CC(C)C1. The number of nitrogens with one attached hydrogen (secondary N) is 1. The van der Waals surface area contributed by atoms with Gasteiger partial charge in [-0.05, 0) is 30.5 Å². The highest BCUT2D eigenvalue weighted by Gasteiger charge is 2.22. The Balaban J connectivity index is 2.49. The summed E-state index contributed by atoms with van der Waals surface area (Å²) in [5.74, 6) is 1.56. The molecule has 1 saturated heterocycles. The molecule has 0 aliphatic carbocycles. The van der Waals surface area contributed by atoms with Gasteiger partial charge in [-0.1, -0.05) is 13.8 Å². The van der Waals surface area contributed by atoms with Gasteiger partial charge in [-0.15, -0.1) is 0 Å². The summed E-state index contributed by atoms with van der Waals surface area (Å²) >= 11 is 5.20. The third-order valence-corrected chi connectivity index (χ3v) is 2.83. The Hall–Kier alpha value is -0.310. The molecular formula is C9H18N2S. The number of thiocarbonyl (C=S) groups is 1. The van der Waals surface area contributed by atoms with Crippen LogP contribution >= 0.6 is 12.2 Å². The number of piperidine rings is 1. The lowest BCUT2D eigenvalue weighted by atomic mass is 9.92. The molecule has 2 atom stereocenters. The molecule has 0 saturated carbocycles. The van der Waals surface area contributed by atoms with E-state index in [1.165, 1.54) is 6.42 Å². The van der Waals surface area contributed by atoms with Crippen LogP contribution in [0.4, 0.5) is 0 Å². The van der Waals surface area contributed by atoms with Crippen LogP contribution in [0.25, 0.3) is 0 Å². The van der Waals surface area contributed by atoms with E-state index < -0.39 is 0 Å². The molecule has 12 heavy (non-hydrogen) atoms. The summed E-state index contributed by atoms with van der Waals surface area (Å²) in [6, 6.07) is 0. The van der Waals surface area contributed by atoms with Gasteiger partial charge in [0, 0.05) is 20.1 Å². The minimum Gasteiger partial charge on any atom is -0.366 e. The van der Waals surface area contributed by atoms with Crippen LogP contribution in [-0.4, -0.2) is 30.1 Å². The van der Waals surface area contributed by atoms with E-state index in [-0.39, 0.29) is 0 Å². The molecule has 0 bridgehead atoms. The maximum absolute atomic E-state index is 5.20. The molecule has 3 heteroatoms. The minimum atomic E-state index is 0.778. The molecule has 0 amide bonds. The smallest absolute Gasteiger partial charge is 0.168 e. The van der Waals surface area contributed by atoms with Crippen LogP contribution < -0.4 is 5.32 Å². The molecule has 1 heterocycles. The first kappa shape index (κ1) is 9.78. The average Bonchev–Trinajstić information content (AvgIpc) is 2.01. The van der Waals surface area contributed by atoms with Crippen LogP contribution in [-0.2, 0) is 0 Å². The summed E-state index contributed by atoms with van der Waals surface area (Å²) in [6.07, 6.45) is 1.34. The fourth-order valence-electron chi connectivity index (χ4n) is 1.99. The zero-order chi connectivity index (χ0) is 9.14. The lowest BCUT2D eigenvalue weighted by Gasteiger charge is -2.36.